The quantitative estimate of drug-likeness (QED) is 0.709. The predicted octanol–water partition coefficient (Wildman–Crippen LogP) is 1.19. The molecule has 0 spiro atoms. The van der Waals surface area contributed by atoms with E-state index >= 15 is 0 Å². The standard InChI is InChI=1S/C11H16ClNO3/c12-10-3-1-2-9(8-13)11(10)16-7-6-15-5-4-14/h1-3,14H,4-8,13H2. The number of ether oxygens (including phenoxy) is 2. The van der Waals surface area contributed by atoms with E-state index in [1.54, 1.807) is 6.07 Å². The Morgan fingerprint density at radius 3 is 2.75 bits per heavy atom. The Bertz CT molecular complexity index is 320. The molecule has 0 saturated heterocycles. The molecule has 0 aromatic heterocycles. The van der Waals surface area contributed by atoms with E-state index < -0.39 is 0 Å². The second kappa shape index (κ2) is 7.46. The summed E-state index contributed by atoms with van der Waals surface area (Å²) in [6.07, 6.45) is 0. The van der Waals surface area contributed by atoms with Gasteiger partial charge in [0.05, 0.1) is 24.8 Å². The highest BCUT2D eigenvalue weighted by Crippen LogP contribution is 2.28. The highest BCUT2D eigenvalue weighted by atomic mass is 35.5. The van der Waals surface area contributed by atoms with Crippen LogP contribution >= 0.6 is 11.6 Å². The van der Waals surface area contributed by atoms with Gasteiger partial charge in [0.1, 0.15) is 12.4 Å². The van der Waals surface area contributed by atoms with Crippen LogP contribution in [0.4, 0.5) is 0 Å². The van der Waals surface area contributed by atoms with Crippen molar-refractivity contribution in [3.05, 3.63) is 28.8 Å². The van der Waals surface area contributed by atoms with Crippen LogP contribution in [0.1, 0.15) is 5.56 Å². The number of nitrogens with two attached hydrogens (primary N) is 1. The smallest absolute Gasteiger partial charge is 0.142 e. The molecular weight excluding hydrogens is 230 g/mol. The fraction of sp³-hybridized carbons (Fsp3) is 0.455. The second-order valence-electron chi connectivity index (χ2n) is 3.12. The lowest BCUT2D eigenvalue weighted by Crippen LogP contribution is -2.11. The summed E-state index contributed by atoms with van der Waals surface area (Å²) in [6, 6.07) is 5.46. The van der Waals surface area contributed by atoms with Crippen LogP contribution in [0.15, 0.2) is 18.2 Å². The highest BCUT2D eigenvalue weighted by molar-refractivity contribution is 6.32. The van der Waals surface area contributed by atoms with Crippen molar-refractivity contribution in [2.45, 2.75) is 6.54 Å². The number of aliphatic hydroxyl groups is 1. The van der Waals surface area contributed by atoms with Crippen molar-refractivity contribution in [3.8, 4) is 5.75 Å². The van der Waals surface area contributed by atoms with E-state index in [1.807, 2.05) is 12.1 Å². The van der Waals surface area contributed by atoms with Crippen LogP contribution in [0.3, 0.4) is 0 Å². The lowest BCUT2D eigenvalue weighted by atomic mass is 10.2. The number of aliphatic hydroxyl groups excluding tert-OH is 1. The van der Waals surface area contributed by atoms with Crippen molar-refractivity contribution in [2.24, 2.45) is 5.73 Å². The predicted molar refractivity (Wildman–Crippen MR) is 62.7 cm³/mol. The number of para-hydroxylation sites is 1. The zero-order valence-electron chi connectivity index (χ0n) is 8.99. The third-order valence-electron chi connectivity index (χ3n) is 1.98. The zero-order valence-corrected chi connectivity index (χ0v) is 9.74. The van der Waals surface area contributed by atoms with Crippen molar-refractivity contribution in [1.29, 1.82) is 0 Å². The largest absolute Gasteiger partial charge is 0.489 e. The molecule has 3 N–H and O–H groups in total. The lowest BCUT2D eigenvalue weighted by Gasteiger charge is -2.11. The summed E-state index contributed by atoms with van der Waals surface area (Å²) >= 11 is 5.99. The Hall–Kier alpha value is -0.810. The maximum absolute atomic E-state index is 8.51. The van der Waals surface area contributed by atoms with E-state index in [-0.39, 0.29) is 6.61 Å². The molecule has 0 fully saturated rings. The molecule has 1 aromatic carbocycles. The molecule has 4 nitrogen and oxygen atoms in total. The van der Waals surface area contributed by atoms with Gasteiger partial charge in [-0.1, -0.05) is 23.7 Å². The van der Waals surface area contributed by atoms with Crippen LogP contribution in [0, 0.1) is 0 Å². The first kappa shape index (κ1) is 13.3. The van der Waals surface area contributed by atoms with Gasteiger partial charge in [-0.05, 0) is 6.07 Å². The Morgan fingerprint density at radius 2 is 2.06 bits per heavy atom. The molecule has 0 saturated carbocycles. The van der Waals surface area contributed by atoms with Gasteiger partial charge in [0.25, 0.3) is 0 Å². The Labute approximate surface area is 99.9 Å². The fourth-order valence-electron chi connectivity index (χ4n) is 1.25. The Morgan fingerprint density at radius 1 is 1.25 bits per heavy atom. The number of hydrogen-bond donors (Lipinski definition) is 2. The van der Waals surface area contributed by atoms with Crippen LogP contribution in [0.5, 0.6) is 5.75 Å². The Balaban J connectivity index is 2.46. The van der Waals surface area contributed by atoms with E-state index in [0.717, 1.165) is 5.56 Å². The van der Waals surface area contributed by atoms with E-state index in [2.05, 4.69) is 0 Å². The normalized spacial score (nSPS) is 10.4. The van der Waals surface area contributed by atoms with Gasteiger partial charge in [-0.15, -0.1) is 0 Å². The van der Waals surface area contributed by atoms with Gasteiger partial charge in [-0.3, -0.25) is 0 Å². The Kier molecular flexibility index (Phi) is 6.18. The summed E-state index contributed by atoms with van der Waals surface area (Å²) < 4.78 is 10.6. The van der Waals surface area contributed by atoms with E-state index in [4.69, 9.17) is 31.9 Å². The van der Waals surface area contributed by atoms with Crippen LogP contribution in [0.2, 0.25) is 5.02 Å². The molecule has 0 unspecified atom stereocenters. The molecule has 0 aliphatic carbocycles. The highest BCUT2D eigenvalue weighted by Gasteiger charge is 2.06. The molecule has 0 aliphatic heterocycles. The first-order chi connectivity index (χ1) is 7.79. The van der Waals surface area contributed by atoms with Gasteiger partial charge < -0.3 is 20.3 Å². The minimum absolute atomic E-state index is 0.0140. The van der Waals surface area contributed by atoms with Gasteiger partial charge >= 0.3 is 0 Å². The third-order valence-corrected chi connectivity index (χ3v) is 2.28. The summed E-state index contributed by atoms with van der Waals surface area (Å²) in [5, 5.41) is 9.05. The molecule has 16 heavy (non-hydrogen) atoms. The lowest BCUT2D eigenvalue weighted by molar-refractivity contribution is 0.0703. The molecule has 0 amide bonds. The van der Waals surface area contributed by atoms with Gasteiger partial charge in [-0.2, -0.15) is 0 Å². The number of benzene rings is 1. The van der Waals surface area contributed by atoms with Crippen molar-refractivity contribution in [3.63, 3.8) is 0 Å². The molecule has 5 heteroatoms. The van der Waals surface area contributed by atoms with E-state index in [0.29, 0.717) is 37.1 Å². The maximum atomic E-state index is 8.51. The first-order valence-corrected chi connectivity index (χ1v) is 5.46. The summed E-state index contributed by atoms with van der Waals surface area (Å²) in [6.45, 7) is 1.51. The minimum Gasteiger partial charge on any atom is -0.489 e. The molecule has 0 atom stereocenters. The van der Waals surface area contributed by atoms with E-state index in [9.17, 15) is 0 Å². The summed E-state index contributed by atoms with van der Waals surface area (Å²) in [4.78, 5) is 0. The number of hydrogen-bond acceptors (Lipinski definition) is 4. The van der Waals surface area contributed by atoms with Gasteiger partial charge in [0, 0.05) is 12.1 Å². The number of rotatable bonds is 7. The van der Waals surface area contributed by atoms with Crippen LogP contribution in [0.25, 0.3) is 0 Å². The van der Waals surface area contributed by atoms with Crippen LogP contribution in [-0.4, -0.2) is 31.5 Å². The maximum Gasteiger partial charge on any atom is 0.142 e. The molecule has 0 radical (unpaired) electrons. The summed E-state index contributed by atoms with van der Waals surface area (Å²) in [5.74, 6) is 0.610. The molecule has 0 aliphatic rings. The van der Waals surface area contributed by atoms with Gasteiger partial charge in [0.15, 0.2) is 0 Å². The van der Waals surface area contributed by atoms with Crippen LogP contribution in [-0.2, 0) is 11.3 Å². The average molecular weight is 246 g/mol. The topological polar surface area (TPSA) is 64.7 Å². The molecule has 1 rings (SSSR count). The van der Waals surface area contributed by atoms with Gasteiger partial charge in [0.2, 0.25) is 0 Å². The molecular formula is C11H16ClNO3. The third kappa shape index (κ3) is 3.98. The molecule has 90 valence electrons. The zero-order chi connectivity index (χ0) is 11.8. The molecule has 1 aromatic rings. The van der Waals surface area contributed by atoms with Crippen molar-refractivity contribution >= 4 is 11.6 Å². The van der Waals surface area contributed by atoms with Crippen molar-refractivity contribution < 1.29 is 14.6 Å². The van der Waals surface area contributed by atoms with Gasteiger partial charge in [-0.25, -0.2) is 0 Å². The SMILES string of the molecule is NCc1cccc(Cl)c1OCCOCCO. The van der Waals surface area contributed by atoms with Crippen LogP contribution < -0.4 is 10.5 Å². The van der Waals surface area contributed by atoms with Crippen molar-refractivity contribution in [1.82, 2.24) is 0 Å². The monoisotopic (exact) mass is 245 g/mol. The second-order valence-corrected chi connectivity index (χ2v) is 3.52. The first-order valence-electron chi connectivity index (χ1n) is 5.08. The fourth-order valence-corrected chi connectivity index (χ4v) is 1.49. The van der Waals surface area contributed by atoms with E-state index in [1.165, 1.54) is 0 Å². The summed E-state index contributed by atoms with van der Waals surface area (Å²) in [7, 11) is 0. The number of halogens is 1. The van der Waals surface area contributed by atoms with Crippen molar-refractivity contribution in [2.75, 3.05) is 26.4 Å². The molecule has 0 heterocycles. The average Bonchev–Trinajstić information content (AvgIpc) is 2.30. The molecule has 0 bridgehead atoms. The summed E-state index contributed by atoms with van der Waals surface area (Å²) in [5.41, 5.74) is 6.44. The minimum atomic E-state index is 0.0140.